The Labute approximate surface area is 108 Å². The molecule has 0 saturated heterocycles. The number of ether oxygens (including phenoxy) is 1. The molecule has 7 heteroatoms. The predicted molar refractivity (Wildman–Crippen MR) is 68.5 cm³/mol. The van der Waals surface area contributed by atoms with E-state index in [0.717, 1.165) is 0 Å². The van der Waals surface area contributed by atoms with Gasteiger partial charge in [0, 0.05) is 5.69 Å². The number of aryl methyl sites for hydroxylation is 1. The number of aromatic amines is 1. The molecule has 19 heavy (non-hydrogen) atoms. The van der Waals surface area contributed by atoms with Gasteiger partial charge >= 0.3 is 5.97 Å². The molecule has 2 rings (SSSR count). The van der Waals surface area contributed by atoms with Gasteiger partial charge in [-0.3, -0.25) is 9.78 Å². The number of hydrogen-bond acceptors (Lipinski definition) is 6. The number of aromatic nitrogens is 3. The molecule has 2 aromatic rings. The minimum Gasteiger partial charge on any atom is -0.465 e. The summed E-state index contributed by atoms with van der Waals surface area (Å²) in [6, 6.07) is 6.56. The van der Waals surface area contributed by atoms with Crippen LogP contribution in [0.3, 0.4) is 0 Å². The normalized spacial score (nSPS) is 10.0. The van der Waals surface area contributed by atoms with E-state index in [2.05, 4.69) is 25.2 Å². The van der Waals surface area contributed by atoms with Crippen LogP contribution in [0.25, 0.3) is 0 Å². The molecule has 98 valence electrons. The smallest absolute Gasteiger partial charge is 0.337 e. The average Bonchev–Trinajstić information content (AvgIpc) is 2.43. The monoisotopic (exact) mass is 260 g/mol. The van der Waals surface area contributed by atoms with E-state index in [4.69, 9.17) is 0 Å². The number of carbonyl (C=O) groups is 1. The number of nitrogens with one attached hydrogen (secondary N) is 2. The third kappa shape index (κ3) is 2.95. The van der Waals surface area contributed by atoms with Crippen LogP contribution in [0.4, 0.5) is 11.6 Å². The van der Waals surface area contributed by atoms with Gasteiger partial charge in [0.05, 0.1) is 12.7 Å². The molecule has 0 bridgehead atoms. The van der Waals surface area contributed by atoms with Gasteiger partial charge in [0.1, 0.15) is 5.69 Å². The summed E-state index contributed by atoms with van der Waals surface area (Å²) in [7, 11) is 1.32. The number of nitrogens with zero attached hydrogens (tertiary/aromatic N) is 2. The first kappa shape index (κ1) is 12.7. The van der Waals surface area contributed by atoms with Gasteiger partial charge in [-0.25, -0.2) is 4.79 Å². The van der Waals surface area contributed by atoms with E-state index >= 15 is 0 Å². The maximum absolute atomic E-state index is 11.4. The average molecular weight is 260 g/mol. The molecule has 0 radical (unpaired) electrons. The van der Waals surface area contributed by atoms with Crippen LogP contribution in [0, 0.1) is 6.92 Å². The zero-order valence-corrected chi connectivity index (χ0v) is 10.4. The Kier molecular flexibility index (Phi) is 3.56. The number of esters is 1. The van der Waals surface area contributed by atoms with Gasteiger partial charge in [-0.1, -0.05) is 0 Å². The Balaban J connectivity index is 2.17. The molecular formula is C12H12N4O3. The second kappa shape index (κ2) is 5.30. The number of H-pyrrole nitrogens is 1. The maximum atomic E-state index is 11.4. The minimum atomic E-state index is -0.407. The topological polar surface area (TPSA) is 97.0 Å². The quantitative estimate of drug-likeness (QED) is 0.799. The van der Waals surface area contributed by atoms with E-state index in [1.165, 1.54) is 7.11 Å². The number of benzene rings is 1. The summed E-state index contributed by atoms with van der Waals surface area (Å²) in [5, 5.41) is 10.4. The van der Waals surface area contributed by atoms with E-state index in [0.29, 0.717) is 16.9 Å². The fourth-order valence-electron chi connectivity index (χ4n) is 1.39. The second-order valence-electron chi connectivity index (χ2n) is 3.78. The van der Waals surface area contributed by atoms with Crippen LogP contribution < -0.4 is 10.9 Å². The second-order valence-corrected chi connectivity index (χ2v) is 3.78. The number of carbonyl (C=O) groups excluding carboxylic acids is 1. The van der Waals surface area contributed by atoms with Crippen LogP contribution in [0.1, 0.15) is 16.1 Å². The van der Waals surface area contributed by atoms with Gasteiger partial charge in [-0.05, 0) is 31.2 Å². The maximum Gasteiger partial charge on any atom is 0.337 e. The summed E-state index contributed by atoms with van der Waals surface area (Å²) in [6.07, 6.45) is 0. The minimum absolute atomic E-state index is 0.237. The van der Waals surface area contributed by atoms with Crippen LogP contribution in [0.2, 0.25) is 0 Å². The molecule has 1 aromatic heterocycles. The standard InChI is InChI=1S/C12H12N4O3/c1-7-10(17)14-12(16-15-7)13-9-5-3-8(4-6-9)11(18)19-2/h3-6H,1-2H3,(H2,13,14,16,17). The van der Waals surface area contributed by atoms with Crippen molar-refractivity contribution in [3.8, 4) is 0 Å². The lowest BCUT2D eigenvalue weighted by Gasteiger charge is -2.05. The summed E-state index contributed by atoms with van der Waals surface area (Å²) in [5.74, 6) is -0.170. The van der Waals surface area contributed by atoms with E-state index in [9.17, 15) is 9.59 Å². The fraction of sp³-hybridized carbons (Fsp3) is 0.167. The summed E-state index contributed by atoms with van der Waals surface area (Å²) in [6.45, 7) is 1.57. The fourth-order valence-corrected chi connectivity index (χ4v) is 1.39. The van der Waals surface area contributed by atoms with Gasteiger partial charge in [-0.2, -0.15) is 0 Å². The summed E-state index contributed by atoms with van der Waals surface area (Å²) in [5.41, 5.74) is 1.10. The van der Waals surface area contributed by atoms with Crippen LogP contribution in [0.15, 0.2) is 29.1 Å². The van der Waals surface area contributed by atoms with Crippen molar-refractivity contribution in [1.82, 2.24) is 15.2 Å². The Bertz CT molecular complexity index is 649. The Morgan fingerprint density at radius 2 is 1.95 bits per heavy atom. The molecule has 0 saturated carbocycles. The molecule has 0 unspecified atom stereocenters. The van der Waals surface area contributed by atoms with Crippen molar-refractivity contribution in [3.63, 3.8) is 0 Å². The van der Waals surface area contributed by atoms with Crippen molar-refractivity contribution in [1.29, 1.82) is 0 Å². The van der Waals surface area contributed by atoms with Crippen LogP contribution in [-0.4, -0.2) is 28.3 Å². The van der Waals surface area contributed by atoms with Gasteiger partial charge in [-0.15, -0.1) is 10.2 Å². The summed E-state index contributed by atoms with van der Waals surface area (Å²) >= 11 is 0. The Morgan fingerprint density at radius 1 is 1.26 bits per heavy atom. The van der Waals surface area contributed by atoms with Gasteiger partial charge in [0.25, 0.3) is 5.56 Å². The van der Waals surface area contributed by atoms with E-state index < -0.39 is 5.97 Å². The van der Waals surface area contributed by atoms with Crippen LogP contribution >= 0.6 is 0 Å². The third-order valence-corrected chi connectivity index (χ3v) is 2.43. The Morgan fingerprint density at radius 3 is 2.53 bits per heavy atom. The lowest BCUT2D eigenvalue weighted by Crippen LogP contribution is -2.15. The summed E-state index contributed by atoms with van der Waals surface area (Å²) in [4.78, 5) is 25.1. The lowest BCUT2D eigenvalue weighted by atomic mass is 10.2. The van der Waals surface area contributed by atoms with Crippen molar-refractivity contribution in [2.75, 3.05) is 12.4 Å². The molecule has 0 aliphatic rings. The molecule has 0 fully saturated rings. The molecule has 0 atom stereocenters. The first-order chi connectivity index (χ1) is 9.10. The molecule has 2 N–H and O–H groups in total. The Hall–Kier alpha value is -2.70. The number of methoxy groups -OCH3 is 1. The largest absolute Gasteiger partial charge is 0.465 e. The summed E-state index contributed by atoms with van der Waals surface area (Å²) < 4.78 is 4.59. The molecule has 1 aromatic carbocycles. The van der Waals surface area contributed by atoms with E-state index in [1.807, 2.05) is 0 Å². The van der Waals surface area contributed by atoms with Gasteiger partial charge in [0.2, 0.25) is 5.95 Å². The van der Waals surface area contributed by atoms with Crippen molar-refractivity contribution in [3.05, 3.63) is 45.9 Å². The highest BCUT2D eigenvalue weighted by Gasteiger charge is 2.05. The van der Waals surface area contributed by atoms with Crippen molar-refractivity contribution < 1.29 is 9.53 Å². The first-order valence-electron chi connectivity index (χ1n) is 5.49. The van der Waals surface area contributed by atoms with Crippen molar-refractivity contribution in [2.24, 2.45) is 0 Å². The van der Waals surface area contributed by atoms with Crippen LogP contribution in [-0.2, 0) is 4.74 Å². The molecule has 0 aliphatic heterocycles. The van der Waals surface area contributed by atoms with Crippen LogP contribution in [0.5, 0.6) is 0 Å². The highest BCUT2D eigenvalue weighted by atomic mass is 16.5. The highest BCUT2D eigenvalue weighted by Crippen LogP contribution is 2.13. The number of hydrogen-bond donors (Lipinski definition) is 2. The predicted octanol–water partition coefficient (Wildman–Crippen LogP) is 1.00. The highest BCUT2D eigenvalue weighted by molar-refractivity contribution is 5.89. The van der Waals surface area contributed by atoms with Crippen molar-refractivity contribution >= 4 is 17.6 Å². The molecule has 7 nitrogen and oxygen atoms in total. The zero-order valence-electron chi connectivity index (χ0n) is 10.4. The van der Waals surface area contributed by atoms with E-state index in [1.54, 1.807) is 31.2 Å². The SMILES string of the molecule is COC(=O)c1ccc(Nc2nnc(C)c(=O)[nH]2)cc1. The zero-order chi connectivity index (χ0) is 13.8. The molecule has 1 heterocycles. The number of rotatable bonds is 3. The molecule has 0 spiro atoms. The lowest BCUT2D eigenvalue weighted by molar-refractivity contribution is 0.0601. The number of anilines is 2. The molecule has 0 amide bonds. The first-order valence-corrected chi connectivity index (χ1v) is 5.49. The molecule has 0 aliphatic carbocycles. The third-order valence-electron chi connectivity index (χ3n) is 2.43. The van der Waals surface area contributed by atoms with Gasteiger partial charge < -0.3 is 10.1 Å². The van der Waals surface area contributed by atoms with Gasteiger partial charge in [0.15, 0.2) is 0 Å². The van der Waals surface area contributed by atoms with Crippen molar-refractivity contribution in [2.45, 2.75) is 6.92 Å². The van der Waals surface area contributed by atoms with E-state index in [-0.39, 0.29) is 11.5 Å². The molecular weight excluding hydrogens is 248 g/mol.